The van der Waals surface area contributed by atoms with Crippen molar-refractivity contribution in [3.05, 3.63) is 23.9 Å². The molecule has 1 amide bonds. The summed E-state index contributed by atoms with van der Waals surface area (Å²) in [4.78, 5) is 25.3. The molecule has 1 aliphatic heterocycles. The lowest BCUT2D eigenvalue weighted by atomic mass is 10.1. The van der Waals surface area contributed by atoms with Gasteiger partial charge in [-0.25, -0.2) is 4.98 Å². The number of piperidine rings is 1. The molecule has 2 heterocycles. The van der Waals surface area contributed by atoms with Crippen molar-refractivity contribution in [1.29, 1.82) is 0 Å². The summed E-state index contributed by atoms with van der Waals surface area (Å²) in [6.07, 6.45) is 3.47. The summed E-state index contributed by atoms with van der Waals surface area (Å²) in [5, 5.41) is 6.25. The van der Waals surface area contributed by atoms with E-state index in [-0.39, 0.29) is 17.6 Å². The van der Waals surface area contributed by atoms with E-state index in [0.29, 0.717) is 17.9 Å². The van der Waals surface area contributed by atoms with Crippen molar-refractivity contribution in [2.45, 2.75) is 45.3 Å². The van der Waals surface area contributed by atoms with Crippen LogP contribution in [0.1, 0.15) is 44.0 Å². The molecule has 1 aliphatic rings. The van der Waals surface area contributed by atoms with Gasteiger partial charge in [0.15, 0.2) is 0 Å². The van der Waals surface area contributed by atoms with Gasteiger partial charge >= 0.3 is 0 Å². The first-order valence-electron chi connectivity index (χ1n) is 7.66. The molecular weight excluding hydrogens is 296 g/mol. The Morgan fingerprint density at radius 2 is 2.04 bits per heavy atom. The zero-order chi connectivity index (χ0) is 17.3. The second kappa shape index (κ2) is 9.09. The number of rotatable bonds is 3. The Labute approximate surface area is 137 Å². The maximum atomic E-state index is 11.8. The lowest BCUT2D eigenvalue weighted by Gasteiger charge is -2.23. The summed E-state index contributed by atoms with van der Waals surface area (Å²) in [5.74, 6) is 0.359. The van der Waals surface area contributed by atoms with Crippen LogP contribution in [0.4, 0.5) is 5.82 Å². The minimum Gasteiger partial charge on any atom is -0.462 e. The number of pyridine rings is 1. The van der Waals surface area contributed by atoms with Gasteiger partial charge < -0.3 is 21.1 Å². The zero-order valence-corrected chi connectivity index (χ0v) is 14.0. The fourth-order valence-electron chi connectivity index (χ4n) is 1.92. The number of carbonyl (C=O) groups excluding carboxylic acids is 2. The summed E-state index contributed by atoms with van der Waals surface area (Å²) in [6, 6.07) is 3.60. The van der Waals surface area contributed by atoms with E-state index in [1.807, 2.05) is 20.8 Å². The molecule has 0 aliphatic carbocycles. The van der Waals surface area contributed by atoms with Gasteiger partial charge in [-0.3, -0.25) is 9.59 Å². The Kier molecular flexibility index (Phi) is 7.47. The molecule has 2 rings (SSSR count). The van der Waals surface area contributed by atoms with Crippen LogP contribution in [0, 0.1) is 0 Å². The number of amides is 1. The van der Waals surface area contributed by atoms with E-state index >= 15 is 0 Å². The summed E-state index contributed by atoms with van der Waals surface area (Å²) in [6.45, 7) is 7.85. The first-order valence-corrected chi connectivity index (χ1v) is 7.66. The molecule has 0 saturated carbocycles. The number of ether oxygens (including phenoxy) is 1. The van der Waals surface area contributed by atoms with E-state index < -0.39 is 0 Å². The Morgan fingerprint density at radius 3 is 2.48 bits per heavy atom. The number of carbonyl (C=O) groups is 2. The van der Waals surface area contributed by atoms with Crippen LogP contribution in [0.3, 0.4) is 0 Å². The number of anilines is 1. The maximum absolute atomic E-state index is 11.8. The molecule has 0 unspecified atom stereocenters. The van der Waals surface area contributed by atoms with Crippen LogP contribution >= 0.6 is 0 Å². The minimum atomic E-state index is -0.318. The first-order chi connectivity index (χ1) is 10.8. The van der Waals surface area contributed by atoms with Crippen molar-refractivity contribution in [2.24, 2.45) is 0 Å². The van der Waals surface area contributed by atoms with Crippen LogP contribution in [0.15, 0.2) is 18.3 Å². The van der Waals surface area contributed by atoms with Crippen LogP contribution in [-0.2, 0) is 9.53 Å². The monoisotopic (exact) mass is 322 g/mol. The Bertz CT molecular complexity index is 491. The highest BCUT2D eigenvalue weighted by Crippen LogP contribution is 2.06. The number of nitrogens with one attached hydrogen (secondary N) is 2. The van der Waals surface area contributed by atoms with Gasteiger partial charge in [0, 0.05) is 12.2 Å². The van der Waals surface area contributed by atoms with Gasteiger partial charge in [0.1, 0.15) is 11.4 Å². The Morgan fingerprint density at radius 1 is 1.39 bits per heavy atom. The fraction of sp³-hybridized carbons (Fsp3) is 0.562. The molecular formula is C16H26N4O3. The minimum absolute atomic E-state index is 0.0700. The predicted octanol–water partition coefficient (Wildman–Crippen LogP) is 1.10. The number of nitrogens with zero attached hydrogens (tertiary/aromatic N) is 1. The van der Waals surface area contributed by atoms with Crippen LogP contribution in [-0.4, -0.2) is 42.1 Å². The molecule has 0 aromatic carbocycles. The van der Waals surface area contributed by atoms with Crippen LogP contribution in [0.5, 0.6) is 0 Å². The predicted molar refractivity (Wildman–Crippen MR) is 88.9 cm³/mol. The van der Waals surface area contributed by atoms with E-state index in [0.717, 1.165) is 25.9 Å². The molecule has 7 heteroatoms. The van der Waals surface area contributed by atoms with Crippen LogP contribution in [0.25, 0.3) is 0 Å². The second-order valence-electron chi connectivity index (χ2n) is 6.30. The summed E-state index contributed by atoms with van der Waals surface area (Å²) < 4.78 is 4.55. The van der Waals surface area contributed by atoms with Crippen LogP contribution in [0.2, 0.25) is 0 Å². The van der Waals surface area contributed by atoms with Gasteiger partial charge in [0.25, 0.3) is 12.4 Å². The normalized spacial score (nSPS) is 15.1. The molecule has 0 bridgehead atoms. The van der Waals surface area contributed by atoms with Crippen molar-refractivity contribution < 1.29 is 14.3 Å². The Hall–Kier alpha value is -2.15. The van der Waals surface area contributed by atoms with E-state index in [2.05, 4.69) is 20.4 Å². The van der Waals surface area contributed by atoms with Crippen molar-refractivity contribution in [3.8, 4) is 0 Å². The van der Waals surface area contributed by atoms with E-state index in [1.54, 1.807) is 12.1 Å². The SMILES string of the molecule is CC(C)(C)OC=O.Nc1ccc(C(=O)NC2CCNCC2)cn1. The van der Waals surface area contributed by atoms with Gasteiger partial charge in [-0.1, -0.05) is 0 Å². The third-order valence-corrected chi connectivity index (χ3v) is 3.12. The fourth-order valence-corrected chi connectivity index (χ4v) is 1.92. The summed E-state index contributed by atoms with van der Waals surface area (Å²) >= 11 is 0. The van der Waals surface area contributed by atoms with Gasteiger partial charge in [0.2, 0.25) is 0 Å². The molecule has 1 fully saturated rings. The van der Waals surface area contributed by atoms with Gasteiger partial charge in [0.05, 0.1) is 5.56 Å². The van der Waals surface area contributed by atoms with Crippen molar-refractivity contribution in [3.63, 3.8) is 0 Å². The highest BCUT2D eigenvalue weighted by molar-refractivity contribution is 5.94. The molecule has 0 spiro atoms. The quantitative estimate of drug-likeness (QED) is 0.720. The van der Waals surface area contributed by atoms with Crippen molar-refractivity contribution >= 4 is 18.2 Å². The van der Waals surface area contributed by atoms with E-state index in [4.69, 9.17) is 5.73 Å². The maximum Gasteiger partial charge on any atom is 0.293 e. The van der Waals surface area contributed by atoms with E-state index in [9.17, 15) is 9.59 Å². The second-order valence-corrected chi connectivity index (χ2v) is 6.30. The van der Waals surface area contributed by atoms with Gasteiger partial charge in [-0.05, 0) is 58.8 Å². The molecule has 1 aromatic rings. The molecule has 1 aromatic heterocycles. The largest absolute Gasteiger partial charge is 0.462 e. The highest BCUT2D eigenvalue weighted by Gasteiger charge is 2.16. The molecule has 23 heavy (non-hydrogen) atoms. The number of nitrogens with two attached hydrogens (primary N) is 1. The molecule has 0 radical (unpaired) electrons. The smallest absolute Gasteiger partial charge is 0.293 e. The average molecular weight is 322 g/mol. The summed E-state index contributed by atoms with van der Waals surface area (Å²) in [7, 11) is 0. The summed E-state index contributed by atoms with van der Waals surface area (Å²) in [5.41, 5.74) is 5.71. The first kappa shape index (κ1) is 18.9. The van der Waals surface area contributed by atoms with Crippen LogP contribution < -0.4 is 16.4 Å². The van der Waals surface area contributed by atoms with Crippen molar-refractivity contribution in [2.75, 3.05) is 18.8 Å². The Balaban J connectivity index is 0.000000322. The van der Waals surface area contributed by atoms with Gasteiger partial charge in [-0.15, -0.1) is 0 Å². The molecule has 0 atom stereocenters. The molecule has 1 saturated heterocycles. The topological polar surface area (TPSA) is 106 Å². The van der Waals surface area contributed by atoms with E-state index in [1.165, 1.54) is 6.20 Å². The average Bonchev–Trinajstić information content (AvgIpc) is 2.48. The number of hydrogen-bond acceptors (Lipinski definition) is 6. The molecule has 128 valence electrons. The lowest BCUT2D eigenvalue weighted by molar-refractivity contribution is -0.138. The lowest BCUT2D eigenvalue weighted by Crippen LogP contribution is -2.42. The number of hydrogen-bond donors (Lipinski definition) is 3. The number of nitrogen functional groups attached to an aromatic ring is 1. The molecule has 7 nitrogen and oxygen atoms in total. The number of aromatic nitrogens is 1. The third kappa shape index (κ3) is 8.15. The highest BCUT2D eigenvalue weighted by atomic mass is 16.5. The van der Waals surface area contributed by atoms with Gasteiger partial charge in [-0.2, -0.15) is 0 Å². The molecule has 4 N–H and O–H groups in total. The zero-order valence-electron chi connectivity index (χ0n) is 14.0. The van der Waals surface area contributed by atoms with Crippen molar-refractivity contribution in [1.82, 2.24) is 15.6 Å². The third-order valence-electron chi connectivity index (χ3n) is 3.12. The standard InChI is InChI=1S/C11H16N4O.C5H10O2/c12-10-2-1-8(7-14-10)11(16)15-9-3-5-13-6-4-9;1-5(2,3)7-4-6/h1-2,7,9,13H,3-6H2,(H2,12,14)(H,15,16);4H,1-3H3.